The third-order valence-electron chi connectivity index (χ3n) is 3.80. The van der Waals surface area contributed by atoms with E-state index < -0.39 is 0 Å². The van der Waals surface area contributed by atoms with Crippen molar-refractivity contribution in [3.63, 3.8) is 0 Å². The quantitative estimate of drug-likeness (QED) is 0.721. The van der Waals surface area contributed by atoms with Gasteiger partial charge in [0.2, 0.25) is 0 Å². The maximum Gasteiger partial charge on any atom is 0.116 e. The zero-order chi connectivity index (χ0) is 16.5. The summed E-state index contributed by atoms with van der Waals surface area (Å²) in [5.41, 5.74) is 3.95. The van der Waals surface area contributed by atoms with Crippen molar-refractivity contribution in [3.8, 4) is 5.75 Å². The van der Waals surface area contributed by atoms with Gasteiger partial charge in [0.1, 0.15) is 5.75 Å². The lowest BCUT2D eigenvalue weighted by atomic mass is 9.78. The van der Waals surface area contributed by atoms with Crippen molar-refractivity contribution in [1.82, 2.24) is 0 Å². The third-order valence-corrected chi connectivity index (χ3v) is 3.80. The Hall–Kier alpha value is -1.83. The van der Waals surface area contributed by atoms with Gasteiger partial charge in [-0.05, 0) is 52.7 Å². The van der Waals surface area contributed by atoms with Gasteiger partial charge < -0.3 is 5.11 Å². The van der Waals surface area contributed by atoms with Crippen molar-refractivity contribution in [2.75, 3.05) is 0 Å². The number of phenols is 1. The summed E-state index contributed by atoms with van der Waals surface area (Å²) in [5.74, 6) is 0.313. The number of aliphatic imine (C=N–C) groups is 1. The SMILES string of the molecule is CC(C)(C)c1cc(O)cc(C(C)(C)C)c1N=C1C=CCC=C1. The fraction of sp³-hybridized carbons (Fsp3) is 0.450. The molecule has 1 aliphatic carbocycles. The number of benzene rings is 1. The molecular formula is C20H27NO. The monoisotopic (exact) mass is 297 g/mol. The van der Waals surface area contributed by atoms with Crippen molar-refractivity contribution in [2.24, 2.45) is 4.99 Å². The number of phenolic OH excluding ortho intramolecular Hbond substituents is 1. The van der Waals surface area contributed by atoms with Crippen molar-refractivity contribution in [1.29, 1.82) is 0 Å². The van der Waals surface area contributed by atoms with Crippen LogP contribution >= 0.6 is 0 Å². The Labute approximate surface area is 134 Å². The molecule has 22 heavy (non-hydrogen) atoms. The van der Waals surface area contributed by atoms with Crippen LogP contribution in [0.1, 0.15) is 59.1 Å². The van der Waals surface area contributed by atoms with Crippen LogP contribution in [-0.2, 0) is 10.8 Å². The minimum Gasteiger partial charge on any atom is -0.508 e. The number of rotatable bonds is 1. The summed E-state index contributed by atoms with van der Waals surface area (Å²) in [6.45, 7) is 12.9. The molecule has 118 valence electrons. The number of hydrogen-bond acceptors (Lipinski definition) is 2. The zero-order valence-corrected chi connectivity index (χ0v) is 14.6. The van der Waals surface area contributed by atoms with Gasteiger partial charge in [-0.2, -0.15) is 0 Å². The Balaban J connectivity index is 2.75. The maximum absolute atomic E-state index is 10.2. The van der Waals surface area contributed by atoms with Gasteiger partial charge in [-0.3, -0.25) is 0 Å². The molecule has 0 fully saturated rings. The van der Waals surface area contributed by atoms with Crippen molar-refractivity contribution >= 4 is 11.4 Å². The molecule has 0 heterocycles. The molecule has 0 unspecified atom stereocenters. The first kappa shape index (κ1) is 16.5. The zero-order valence-electron chi connectivity index (χ0n) is 14.6. The van der Waals surface area contributed by atoms with E-state index in [2.05, 4.69) is 65.8 Å². The summed E-state index contributed by atoms with van der Waals surface area (Å²) in [7, 11) is 0. The molecule has 1 aliphatic rings. The molecule has 0 amide bonds. The van der Waals surface area contributed by atoms with Gasteiger partial charge in [-0.25, -0.2) is 4.99 Å². The minimum atomic E-state index is -0.0831. The van der Waals surface area contributed by atoms with Crippen molar-refractivity contribution in [3.05, 3.63) is 47.6 Å². The van der Waals surface area contributed by atoms with E-state index in [9.17, 15) is 5.11 Å². The van der Waals surface area contributed by atoms with Crippen LogP contribution in [0.4, 0.5) is 5.69 Å². The molecule has 1 N–H and O–H groups in total. The summed E-state index contributed by atoms with van der Waals surface area (Å²) < 4.78 is 0. The predicted octanol–water partition coefficient (Wildman–Crippen LogP) is 5.58. The lowest BCUT2D eigenvalue weighted by molar-refractivity contribution is 0.466. The second kappa shape index (κ2) is 5.75. The molecule has 0 radical (unpaired) electrons. The minimum absolute atomic E-state index is 0.0831. The first-order valence-corrected chi connectivity index (χ1v) is 7.89. The Morgan fingerprint density at radius 3 is 1.73 bits per heavy atom. The molecule has 0 saturated carbocycles. The lowest BCUT2D eigenvalue weighted by Gasteiger charge is -2.28. The van der Waals surface area contributed by atoms with Gasteiger partial charge in [-0.15, -0.1) is 0 Å². The van der Waals surface area contributed by atoms with Gasteiger partial charge >= 0.3 is 0 Å². The first-order valence-electron chi connectivity index (χ1n) is 7.89. The van der Waals surface area contributed by atoms with Crippen LogP contribution in [0, 0.1) is 0 Å². The average molecular weight is 297 g/mol. The standard InChI is InChI=1S/C20H27NO/c1-19(2,3)16-12-15(22)13-17(20(4,5)6)18(16)21-14-10-8-7-9-11-14/h8-13,22H,7H2,1-6H3. The first-order chi connectivity index (χ1) is 10.1. The fourth-order valence-electron chi connectivity index (χ4n) is 2.60. The van der Waals surface area contributed by atoms with Crippen LogP contribution in [-0.4, -0.2) is 10.8 Å². The van der Waals surface area contributed by atoms with Gasteiger partial charge in [0.25, 0.3) is 0 Å². The van der Waals surface area contributed by atoms with E-state index in [1.807, 2.05) is 12.1 Å². The molecule has 0 spiro atoms. The molecule has 0 bridgehead atoms. The lowest BCUT2D eigenvalue weighted by Crippen LogP contribution is -2.17. The second-order valence-electron chi connectivity index (χ2n) is 7.97. The molecule has 2 heteroatoms. The summed E-state index contributed by atoms with van der Waals surface area (Å²) >= 11 is 0. The van der Waals surface area contributed by atoms with E-state index in [-0.39, 0.29) is 10.8 Å². The van der Waals surface area contributed by atoms with Crippen LogP contribution in [0.5, 0.6) is 5.75 Å². The second-order valence-corrected chi connectivity index (χ2v) is 7.97. The van der Waals surface area contributed by atoms with Gasteiger partial charge in [0, 0.05) is 0 Å². The summed E-state index contributed by atoms with van der Waals surface area (Å²) in [6.07, 6.45) is 9.32. The summed E-state index contributed by atoms with van der Waals surface area (Å²) in [4.78, 5) is 4.92. The highest BCUT2D eigenvalue weighted by Crippen LogP contribution is 2.42. The van der Waals surface area contributed by atoms with Crippen molar-refractivity contribution < 1.29 is 5.11 Å². The third kappa shape index (κ3) is 3.68. The molecule has 0 saturated heterocycles. The highest BCUT2D eigenvalue weighted by molar-refractivity contribution is 6.06. The normalized spacial score (nSPS) is 15.3. The Morgan fingerprint density at radius 1 is 0.864 bits per heavy atom. The topological polar surface area (TPSA) is 32.6 Å². The maximum atomic E-state index is 10.2. The highest BCUT2D eigenvalue weighted by Gasteiger charge is 2.26. The summed E-state index contributed by atoms with van der Waals surface area (Å²) in [5, 5.41) is 10.2. The van der Waals surface area contributed by atoms with E-state index in [4.69, 9.17) is 4.99 Å². The molecule has 0 atom stereocenters. The van der Waals surface area contributed by atoms with Crippen molar-refractivity contribution in [2.45, 2.75) is 58.8 Å². The number of allylic oxidation sites excluding steroid dienone is 4. The molecule has 1 aromatic carbocycles. The van der Waals surface area contributed by atoms with E-state index in [1.54, 1.807) is 0 Å². The smallest absolute Gasteiger partial charge is 0.116 e. The van der Waals surface area contributed by atoms with Crippen LogP contribution in [0.25, 0.3) is 0 Å². The van der Waals surface area contributed by atoms with Crippen LogP contribution < -0.4 is 0 Å². The number of hydrogen-bond donors (Lipinski definition) is 1. The molecule has 0 aliphatic heterocycles. The molecular weight excluding hydrogens is 270 g/mol. The van der Waals surface area contributed by atoms with E-state index in [0.29, 0.717) is 5.75 Å². The summed E-state index contributed by atoms with van der Waals surface area (Å²) in [6, 6.07) is 3.70. The van der Waals surface area contributed by atoms with E-state index in [1.165, 1.54) is 0 Å². The van der Waals surface area contributed by atoms with Crippen LogP contribution in [0.3, 0.4) is 0 Å². The van der Waals surface area contributed by atoms with Crippen LogP contribution in [0.15, 0.2) is 41.4 Å². The largest absolute Gasteiger partial charge is 0.508 e. The molecule has 0 aromatic heterocycles. The van der Waals surface area contributed by atoms with E-state index in [0.717, 1.165) is 28.9 Å². The Kier molecular flexibility index (Phi) is 4.32. The van der Waals surface area contributed by atoms with Gasteiger partial charge in [-0.1, -0.05) is 53.7 Å². The number of nitrogens with zero attached hydrogens (tertiary/aromatic N) is 1. The predicted molar refractivity (Wildman–Crippen MR) is 95.5 cm³/mol. The molecule has 1 aromatic rings. The fourth-order valence-corrected chi connectivity index (χ4v) is 2.60. The van der Waals surface area contributed by atoms with Crippen LogP contribution in [0.2, 0.25) is 0 Å². The molecule has 2 rings (SSSR count). The average Bonchev–Trinajstić information content (AvgIpc) is 2.39. The molecule has 2 nitrogen and oxygen atoms in total. The van der Waals surface area contributed by atoms with Gasteiger partial charge in [0.15, 0.2) is 0 Å². The van der Waals surface area contributed by atoms with E-state index >= 15 is 0 Å². The highest BCUT2D eigenvalue weighted by atomic mass is 16.3. The van der Waals surface area contributed by atoms with Gasteiger partial charge in [0.05, 0.1) is 11.4 Å². The Morgan fingerprint density at radius 2 is 1.32 bits per heavy atom. The Bertz CT molecular complexity index is 600. The number of aromatic hydroxyl groups is 1.